The van der Waals surface area contributed by atoms with Gasteiger partial charge in [-0.25, -0.2) is 9.37 Å². The number of nitrogens with zero attached hydrogens (tertiary/aromatic N) is 1. The maximum atomic E-state index is 12.9. The number of rotatable bonds is 7. The molecule has 5 nitrogen and oxygen atoms in total. The van der Waals surface area contributed by atoms with Gasteiger partial charge >= 0.3 is 0 Å². The van der Waals surface area contributed by atoms with Crippen molar-refractivity contribution in [1.82, 2.24) is 15.3 Å². The number of nitrogens with one attached hydrogen (secondary N) is 2. The van der Waals surface area contributed by atoms with Crippen LogP contribution in [0.2, 0.25) is 0 Å². The van der Waals surface area contributed by atoms with Gasteiger partial charge in [-0.2, -0.15) is 0 Å². The van der Waals surface area contributed by atoms with Crippen LogP contribution in [0.3, 0.4) is 0 Å². The average molecular weight is 418 g/mol. The van der Waals surface area contributed by atoms with Gasteiger partial charge in [-0.1, -0.05) is 12.1 Å². The van der Waals surface area contributed by atoms with Gasteiger partial charge in [0.05, 0.1) is 16.9 Å². The Bertz CT molecular complexity index is 1060. The first kappa shape index (κ1) is 19.1. The molecule has 8 heteroatoms. The number of halogens is 1. The molecular formula is C20H20FN3O2S2. The van der Waals surface area contributed by atoms with Crippen LogP contribution in [0.25, 0.3) is 10.2 Å². The molecule has 0 unspecified atom stereocenters. The number of hydrogen-bond acceptors (Lipinski definition) is 5. The summed E-state index contributed by atoms with van der Waals surface area (Å²) in [6, 6.07) is 6.27. The van der Waals surface area contributed by atoms with Gasteiger partial charge in [-0.05, 0) is 48.9 Å². The lowest BCUT2D eigenvalue weighted by Crippen LogP contribution is -2.27. The van der Waals surface area contributed by atoms with E-state index in [2.05, 4.69) is 15.3 Å². The minimum atomic E-state index is -0.263. The van der Waals surface area contributed by atoms with Crippen LogP contribution in [0.4, 0.5) is 4.39 Å². The van der Waals surface area contributed by atoms with Gasteiger partial charge in [0, 0.05) is 11.4 Å². The number of aryl methyl sites for hydroxylation is 2. The molecule has 0 atom stereocenters. The number of benzene rings is 1. The fraction of sp³-hybridized carbons (Fsp3) is 0.350. The SMILES string of the molecule is O=C(CSCc1nc2sc3c(c2c(=O)[nH]1)CCC3)NCCc1ccc(F)cc1. The van der Waals surface area contributed by atoms with Crippen molar-refractivity contribution in [2.24, 2.45) is 0 Å². The molecule has 1 amide bonds. The lowest BCUT2D eigenvalue weighted by Gasteiger charge is -2.06. The first-order valence-electron chi connectivity index (χ1n) is 9.22. The second-order valence-electron chi connectivity index (χ2n) is 6.77. The number of aromatic amines is 1. The second kappa shape index (κ2) is 8.45. The highest BCUT2D eigenvalue weighted by molar-refractivity contribution is 7.99. The Morgan fingerprint density at radius 3 is 2.93 bits per heavy atom. The number of fused-ring (bicyclic) bond motifs is 3. The summed E-state index contributed by atoms with van der Waals surface area (Å²) >= 11 is 3.04. The topological polar surface area (TPSA) is 74.8 Å². The van der Waals surface area contributed by atoms with Crippen molar-refractivity contribution in [3.8, 4) is 0 Å². The van der Waals surface area contributed by atoms with Crippen LogP contribution in [-0.4, -0.2) is 28.2 Å². The summed E-state index contributed by atoms with van der Waals surface area (Å²) in [5.74, 6) is 1.07. The van der Waals surface area contributed by atoms with E-state index in [0.29, 0.717) is 30.3 Å². The summed E-state index contributed by atoms with van der Waals surface area (Å²) in [5.41, 5.74) is 2.09. The van der Waals surface area contributed by atoms with Crippen molar-refractivity contribution in [2.45, 2.75) is 31.4 Å². The van der Waals surface area contributed by atoms with Crippen LogP contribution >= 0.6 is 23.1 Å². The van der Waals surface area contributed by atoms with Gasteiger partial charge in [0.2, 0.25) is 5.91 Å². The van der Waals surface area contributed by atoms with E-state index in [1.807, 2.05) is 0 Å². The van der Waals surface area contributed by atoms with Gasteiger partial charge in [-0.15, -0.1) is 23.1 Å². The van der Waals surface area contributed by atoms with E-state index in [9.17, 15) is 14.0 Å². The molecule has 2 heterocycles. The van der Waals surface area contributed by atoms with Crippen molar-refractivity contribution in [1.29, 1.82) is 0 Å². The number of carbonyl (C=O) groups is 1. The molecule has 0 saturated heterocycles. The lowest BCUT2D eigenvalue weighted by atomic mass is 10.1. The zero-order valence-electron chi connectivity index (χ0n) is 15.2. The molecule has 3 aromatic rings. The quantitative estimate of drug-likeness (QED) is 0.619. The largest absolute Gasteiger partial charge is 0.355 e. The second-order valence-corrected chi connectivity index (χ2v) is 8.84. The summed E-state index contributed by atoms with van der Waals surface area (Å²) in [4.78, 5) is 33.9. The third-order valence-corrected chi connectivity index (χ3v) is 6.87. The third kappa shape index (κ3) is 4.28. The molecule has 1 aromatic carbocycles. The van der Waals surface area contributed by atoms with Gasteiger partial charge in [-0.3, -0.25) is 9.59 Å². The molecule has 0 bridgehead atoms. The molecule has 0 spiro atoms. The summed E-state index contributed by atoms with van der Waals surface area (Å²) < 4.78 is 12.9. The predicted octanol–water partition coefficient (Wildman–Crippen LogP) is 3.20. The number of H-pyrrole nitrogens is 1. The van der Waals surface area contributed by atoms with E-state index in [0.717, 1.165) is 35.0 Å². The first-order valence-corrected chi connectivity index (χ1v) is 11.2. The fourth-order valence-electron chi connectivity index (χ4n) is 3.40. The fourth-order valence-corrected chi connectivity index (χ4v) is 5.40. The van der Waals surface area contributed by atoms with Crippen molar-refractivity contribution in [3.63, 3.8) is 0 Å². The molecule has 0 aliphatic heterocycles. The Kier molecular flexibility index (Phi) is 5.77. The molecule has 2 aromatic heterocycles. The smallest absolute Gasteiger partial charge is 0.259 e. The number of carbonyl (C=O) groups excluding carboxylic acids is 1. The molecule has 1 aliphatic rings. The minimum Gasteiger partial charge on any atom is -0.355 e. The Labute approximate surface area is 169 Å². The maximum Gasteiger partial charge on any atom is 0.259 e. The summed E-state index contributed by atoms with van der Waals surface area (Å²) in [7, 11) is 0. The predicted molar refractivity (Wildman–Crippen MR) is 112 cm³/mol. The van der Waals surface area contributed by atoms with Gasteiger partial charge < -0.3 is 10.3 Å². The van der Waals surface area contributed by atoms with Crippen molar-refractivity contribution >= 4 is 39.2 Å². The molecule has 28 heavy (non-hydrogen) atoms. The van der Waals surface area contributed by atoms with Crippen molar-refractivity contribution in [2.75, 3.05) is 12.3 Å². The molecule has 0 radical (unpaired) electrons. The molecule has 2 N–H and O–H groups in total. The van der Waals surface area contributed by atoms with Crippen molar-refractivity contribution in [3.05, 3.63) is 62.3 Å². The highest BCUT2D eigenvalue weighted by atomic mass is 32.2. The maximum absolute atomic E-state index is 12.9. The van der Waals surface area contributed by atoms with Crippen LogP contribution in [0.1, 0.15) is 28.2 Å². The van der Waals surface area contributed by atoms with E-state index in [-0.39, 0.29) is 17.3 Å². The van der Waals surface area contributed by atoms with Crippen LogP contribution < -0.4 is 10.9 Å². The van der Waals surface area contributed by atoms with E-state index < -0.39 is 0 Å². The Morgan fingerprint density at radius 1 is 1.29 bits per heavy atom. The molecule has 0 fully saturated rings. The van der Waals surface area contributed by atoms with E-state index in [1.54, 1.807) is 23.5 Å². The third-order valence-electron chi connectivity index (χ3n) is 4.75. The standard InChI is InChI=1S/C20H20FN3O2S2/c21-13-6-4-12(5-7-13)8-9-22-17(25)11-27-10-16-23-19(26)18-14-2-1-3-15(14)28-20(18)24-16/h4-7H,1-3,8-11H2,(H,22,25)(H,23,24,26). The number of hydrogen-bond donors (Lipinski definition) is 2. The van der Waals surface area contributed by atoms with Crippen LogP contribution in [0.5, 0.6) is 0 Å². The number of amides is 1. The minimum absolute atomic E-state index is 0.0642. The molecule has 1 aliphatic carbocycles. The first-order chi connectivity index (χ1) is 13.6. The van der Waals surface area contributed by atoms with Gasteiger partial charge in [0.1, 0.15) is 16.5 Å². The lowest BCUT2D eigenvalue weighted by molar-refractivity contribution is -0.118. The average Bonchev–Trinajstić information content (AvgIpc) is 3.24. The van der Waals surface area contributed by atoms with Crippen LogP contribution in [0.15, 0.2) is 29.1 Å². The normalized spacial score (nSPS) is 13.0. The highest BCUT2D eigenvalue weighted by Crippen LogP contribution is 2.34. The number of aromatic nitrogens is 2. The number of thiophene rings is 1. The Morgan fingerprint density at radius 2 is 2.11 bits per heavy atom. The van der Waals surface area contributed by atoms with Gasteiger partial charge in [0.25, 0.3) is 5.56 Å². The Balaban J connectivity index is 1.26. The molecule has 4 rings (SSSR count). The zero-order valence-corrected chi connectivity index (χ0v) is 16.9. The zero-order chi connectivity index (χ0) is 19.5. The molecule has 0 saturated carbocycles. The highest BCUT2D eigenvalue weighted by Gasteiger charge is 2.21. The van der Waals surface area contributed by atoms with Gasteiger partial charge in [0.15, 0.2) is 0 Å². The summed E-state index contributed by atoms with van der Waals surface area (Å²) in [6.07, 6.45) is 3.78. The number of thioether (sulfide) groups is 1. The van der Waals surface area contributed by atoms with Crippen LogP contribution in [-0.2, 0) is 29.8 Å². The summed E-state index contributed by atoms with van der Waals surface area (Å²) in [6.45, 7) is 0.507. The van der Waals surface area contributed by atoms with E-state index >= 15 is 0 Å². The molecule has 146 valence electrons. The van der Waals surface area contributed by atoms with E-state index in [1.165, 1.54) is 34.3 Å². The van der Waals surface area contributed by atoms with E-state index in [4.69, 9.17) is 0 Å². The Hall–Kier alpha value is -2.19. The molecular weight excluding hydrogens is 397 g/mol. The van der Waals surface area contributed by atoms with Crippen molar-refractivity contribution < 1.29 is 9.18 Å². The summed E-state index contributed by atoms with van der Waals surface area (Å²) in [5, 5.41) is 3.61. The monoisotopic (exact) mass is 417 g/mol. The van der Waals surface area contributed by atoms with Crippen LogP contribution in [0, 0.1) is 5.82 Å².